The van der Waals surface area contributed by atoms with E-state index in [1.54, 1.807) is 0 Å². The highest BCUT2D eigenvalue weighted by Crippen LogP contribution is 2.38. The molecule has 38 heavy (non-hydrogen) atoms. The molecule has 1 amide bonds. The van der Waals surface area contributed by atoms with Crippen LogP contribution in [0.2, 0.25) is 0 Å². The van der Waals surface area contributed by atoms with Gasteiger partial charge in [0.15, 0.2) is 0 Å². The summed E-state index contributed by atoms with van der Waals surface area (Å²) < 4.78 is 8.14. The first-order valence-electron chi connectivity index (χ1n) is 14.3. The summed E-state index contributed by atoms with van der Waals surface area (Å²) in [6, 6.07) is 14.1. The number of anilines is 1. The van der Waals surface area contributed by atoms with Gasteiger partial charge in [-0.1, -0.05) is 24.3 Å². The van der Waals surface area contributed by atoms with E-state index in [0.717, 1.165) is 69.5 Å². The van der Waals surface area contributed by atoms with Gasteiger partial charge < -0.3 is 19.4 Å². The Morgan fingerprint density at radius 2 is 1.76 bits per heavy atom. The highest BCUT2D eigenvalue weighted by molar-refractivity contribution is 5.83. The molecule has 1 atom stereocenters. The standard InChI is InChI=1S/C31H41N5O2/c1-22(2)33-15-12-31(38-4,13-16-33)27-9-7-24(8-10-27)26-19-29-28(11-14-32-36(29)21-26)34-17-18-35(23(3)20-34)30(37)25-5-6-25/h7-11,14,19,21-23,25H,5-6,12-13,15-18,20H2,1-4H3/t23-/m1/s1. The first-order valence-corrected chi connectivity index (χ1v) is 14.3. The number of carbonyl (C=O) groups is 1. The van der Waals surface area contributed by atoms with Crippen molar-refractivity contribution in [3.63, 3.8) is 0 Å². The molecule has 2 aromatic heterocycles. The predicted octanol–water partition coefficient (Wildman–Crippen LogP) is 4.79. The number of piperazine rings is 1. The lowest BCUT2D eigenvalue weighted by Crippen LogP contribution is -2.54. The quantitative estimate of drug-likeness (QED) is 0.472. The molecule has 3 aliphatic rings. The van der Waals surface area contributed by atoms with E-state index < -0.39 is 0 Å². The van der Waals surface area contributed by atoms with E-state index >= 15 is 0 Å². The maximum absolute atomic E-state index is 12.7. The first kappa shape index (κ1) is 25.4. The highest BCUT2D eigenvalue weighted by Gasteiger charge is 2.38. The Kier molecular flexibility index (Phi) is 6.68. The minimum Gasteiger partial charge on any atom is -0.373 e. The van der Waals surface area contributed by atoms with Gasteiger partial charge in [0.1, 0.15) is 0 Å². The normalized spacial score (nSPS) is 22.4. The fraction of sp³-hybridized carbons (Fsp3) is 0.548. The lowest BCUT2D eigenvalue weighted by molar-refractivity contribution is -0.134. The number of piperidine rings is 1. The summed E-state index contributed by atoms with van der Waals surface area (Å²) in [6.07, 6.45) is 8.16. The van der Waals surface area contributed by atoms with Crippen molar-refractivity contribution in [2.45, 2.75) is 64.1 Å². The minimum absolute atomic E-state index is 0.205. The molecule has 1 saturated carbocycles. The Labute approximate surface area is 226 Å². The van der Waals surface area contributed by atoms with Crippen molar-refractivity contribution in [1.82, 2.24) is 19.4 Å². The lowest BCUT2D eigenvalue weighted by Gasteiger charge is -2.42. The van der Waals surface area contributed by atoms with Gasteiger partial charge in [0.25, 0.3) is 0 Å². The van der Waals surface area contributed by atoms with E-state index in [-0.39, 0.29) is 17.6 Å². The summed E-state index contributed by atoms with van der Waals surface area (Å²) in [5.74, 6) is 0.633. The number of hydrogen-bond acceptors (Lipinski definition) is 5. The molecule has 2 aliphatic heterocycles. The van der Waals surface area contributed by atoms with Crippen LogP contribution in [0, 0.1) is 5.92 Å². The van der Waals surface area contributed by atoms with Gasteiger partial charge in [-0.2, -0.15) is 5.10 Å². The van der Waals surface area contributed by atoms with Crippen molar-refractivity contribution >= 4 is 17.1 Å². The van der Waals surface area contributed by atoms with Crippen molar-refractivity contribution in [3.8, 4) is 11.1 Å². The van der Waals surface area contributed by atoms with Crippen LogP contribution in [-0.4, -0.2) is 77.2 Å². The van der Waals surface area contributed by atoms with Gasteiger partial charge in [0.2, 0.25) is 5.91 Å². The number of benzene rings is 1. The zero-order chi connectivity index (χ0) is 26.4. The van der Waals surface area contributed by atoms with Crippen molar-refractivity contribution in [2.24, 2.45) is 5.92 Å². The van der Waals surface area contributed by atoms with Crippen molar-refractivity contribution in [1.29, 1.82) is 0 Å². The largest absolute Gasteiger partial charge is 0.373 e. The average Bonchev–Trinajstić information content (AvgIpc) is 3.70. The molecule has 7 heteroatoms. The van der Waals surface area contributed by atoms with E-state index in [9.17, 15) is 4.79 Å². The van der Waals surface area contributed by atoms with Crippen molar-refractivity contribution in [2.75, 3.05) is 44.7 Å². The number of ether oxygens (including phenoxy) is 1. The number of fused-ring (bicyclic) bond motifs is 1. The molecule has 1 aliphatic carbocycles. The first-order chi connectivity index (χ1) is 18.4. The third-order valence-electron chi connectivity index (χ3n) is 9.14. The Morgan fingerprint density at radius 3 is 2.39 bits per heavy atom. The fourth-order valence-corrected chi connectivity index (χ4v) is 6.47. The maximum Gasteiger partial charge on any atom is 0.226 e. The summed E-state index contributed by atoms with van der Waals surface area (Å²) >= 11 is 0. The Balaban J connectivity index is 1.21. The second kappa shape index (κ2) is 10.0. The van der Waals surface area contributed by atoms with E-state index in [1.165, 1.54) is 16.8 Å². The summed E-state index contributed by atoms with van der Waals surface area (Å²) in [6.45, 7) is 11.3. The fourth-order valence-electron chi connectivity index (χ4n) is 6.47. The number of methoxy groups -OCH3 is 1. The van der Waals surface area contributed by atoms with Crippen LogP contribution in [0.15, 0.2) is 48.8 Å². The number of aromatic nitrogens is 2. The van der Waals surface area contributed by atoms with Crippen LogP contribution in [0.1, 0.15) is 52.0 Å². The molecular formula is C31H41N5O2. The van der Waals surface area contributed by atoms with Crippen molar-refractivity contribution < 1.29 is 9.53 Å². The molecule has 0 radical (unpaired) electrons. The van der Waals surface area contributed by atoms with Gasteiger partial charge >= 0.3 is 0 Å². The Bertz CT molecular complexity index is 1290. The topological polar surface area (TPSA) is 53.3 Å². The number of rotatable bonds is 6. The van der Waals surface area contributed by atoms with Crippen LogP contribution in [0.25, 0.3) is 16.6 Å². The summed E-state index contributed by atoms with van der Waals surface area (Å²) in [5.41, 5.74) is 5.70. The molecule has 2 saturated heterocycles. The van der Waals surface area contributed by atoms with Gasteiger partial charge in [0.05, 0.1) is 16.8 Å². The summed E-state index contributed by atoms with van der Waals surface area (Å²) in [4.78, 5) is 19.7. The summed E-state index contributed by atoms with van der Waals surface area (Å²) in [5, 5.41) is 4.61. The van der Waals surface area contributed by atoms with E-state index in [1.807, 2.05) is 17.8 Å². The van der Waals surface area contributed by atoms with Crippen LogP contribution in [0.4, 0.5) is 5.69 Å². The SMILES string of the molecule is COC1(c2ccc(-c3cc4c(N5CCN(C(=O)C6CC6)[C@H](C)C5)ccnn4c3)cc2)CCN(C(C)C)CC1. The number of likely N-dealkylation sites (tertiary alicyclic amines) is 1. The highest BCUT2D eigenvalue weighted by atomic mass is 16.5. The summed E-state index contributed by atoms with van der Waals surface area (Å²) in [7, 11) is 1.86. The van der Waals surface area contributed by atoms with Crippen LogP contribution in [-0.2, 0) is 15.1 Å². The molecular weight excluding hydrogens is 474 g/mol. The number of nitrogens with zero attached hydrogens (tertiary/aromatic N) is 5. The Hall–Kier alpha value is -2.90. The average molecular weight is 516 g/mol. The molecule has 0 bridgehead atoms. The van der Waals surface area contributed by atoms with E-state index in [2.05, 4.69) is 83.2 Å². The van der Waals surface area contributed by atoms with Gasteiger partial charge in [-0.15, -0.1) is 0 Å². The molecule has 6 rings (SSSR count). The van der Waals surface area contributed by atoms with Gasteiger partial charge in [-0.3, -0.25) is 4.79 Å². The molecule has 4 heterocycles. The number of amides is 1. The molecule has 202 valence electrons. The zero-order valence-electron chi connectivity index (χ0n) is 23.3. The van der Waals surface area contributed by atoms with Gasteiger partial charge in [-0.25, -0.2) is 4.52 Å². The van der Waals surface area contributed by atoms with E-state index in [4.69, 9.17) is 4.74 Å². The second-order valence-electron chi connectivity index (χ2n) is 11.8. The molecule has 3 fully saturated rings. The third-order valence-corrected chi connectivity index (χ3v) is 9.14. The van der Waals surface area contributed by atoms with E-state index in [0.29, 0.717) is 11.9 Å². The monoisotopic (exact) mass is 515 g/mol. The third kappa shape index (κ3) is 4.60. The predicted molar refractivity (Wildman–Crippen MR) is 151 cm³/mol. The maximum atomic E-state index is 12.7. The van der Waals surface area contributed by atoms with Crippen LogP contribution < -0.4 is 4.90 Å². The van der Waals surface area contributed by atoms with Crippen molar-refractivity contribution in [3.05, 3.63) is 54.4 Å². The number of carbonyl (C=O) groups excluding carboxylic acids is 1. The molecule has 3 aromatic rings. The van der Waals surface area contributed by atoms with Gasteiger partial charge in [0, 0.05) is 75.8 Å². The minimum atomic E-state index is -0.205. The molecule has 0 unspecified atom stereocenters. The van der Waals surface area contributed by atoms with Crippen LogP contribution >= 0.6 is 0 Å². The molecule has 0 spiro atoms. The smallest absolute Gasteiger partial charge is 0.226 e. The molecule has 7 nitrogen and oxygen atoms in total. The Morgan fingerprint density at radius 1 is 1.03 bits per heavy atom. The molecule has 0 N–H and O–H groups in total. The second-order valence-corrected chi connectivity index (χ2v) is 11.8. The van der Waals surface area contributed by atoms with Gasteiger partial charge in [-0.05, 0) is 69.7 Å². The lowest BCUT2D eigenvalue weighted by atomic mass is 9.83. The van der Waals surface area contributed by atoms with Crippen LogP contribution in [0.3, 0.4) is 0 Å². The number of hydrogen-bond donors (Lipinski definition) is 0. The zero-order valence-corrected chi connectivity index (χ0v) is 23.3. The van der Waals surface area contributed by atoms with Crippen LogP contribution in [0.5, 0.6) is 0 Å². The molecule has 1 aromatic carbocycles.